The van der Waals surface area contributed by atoms with E-state index in [0.29, 0.717) is 6.54 Å². The van der Waals surface area contributed by atoms with Gasteiger partial charge in [0.2, 0.25) is 0 Å². The maximum absolute atomic E-state index is 12.7. The number of carbonyl (C=O) groups excluding carboxylic acids is 1. The molecule has 0 rings (SSSR count). The van der Waals surface area contributed by atoms with Gasteiger partial charge in [0.15, 0.2) is 0 Å². The van der Waals surface area contributed by atoms with Crippen molar-refractivity contribution >= 4 is 18.0 Å². The van der Waals surface area contributed by atoms with E-state index >= 15 is 0 Å². The summed E-state index contributed by atoms with van der Waals surface area (Å²) in [5.41, 5.74) is -0.473. The Morgan fingerprint density at radius 2 is 0.897 bits per heavy atom. The molecule has 0 saturated carbocycles. The van der Waals surface area contributed by atoms with Crippen LogP contribution in [-0.4, -0.2) is 63.9 Å². The van der Waals surface area contributed by atoms with Gasteiger partial charge in [-0.1, -0.05) is 169 Å². The highest BCUT2D eigenvalue weighted by Crippen LogP contribution is 2.39. The second-order valence-corrected chi connectivity index (χ2v) is 19.0. The van der Waals surface area contributed by atoms with Crippen molar-refractivity contribution in [3.63, 3.8) is 0 Å². The SMILES string of the molecule is CCCCCC(CCCCC)CCC(CCCCCCC(=O)O)(CCC(CCCCC)CCCCC)N(CCCCCCCC(=O)O)CCCNC(=O)OC(C)(C)C. The molecule has 0 atom stereocenters. The zero-order valence-corrected chi connectivity index (χ0v) is 39.6. The fraction of sp³-hybridized carbons (Fsp3) is 0.940. The molecule has 0 unspecified atom stereocenters. The fourth-order valence-corrected chi connectivity index (χ4v) is 8.95. The van der Waals surface area contributed by atoms with Gasteiger partial charge in [-0.2, -0.15) is 0 Å². The van der Waals surface area contributed by atoms with Crippen molar-refractivity contribution in [1.29, 1.82) is 0 Å². The molecular formula is C50H98N2O6. The molecule has 344 valence electrons. The number of unbranched alkanes of at least 4 members (excludes halogenated alkanes) is 15. The average molecular weight is 823 g/mol. The van der Waals surface area contributed by atoms with Gasteiger partial charge in [-0.3, -0.25) is 14.5 Å². The van der Waals surface area contributed by atoms with Gasteiger partial charge in [-0.05, 0) is 96.9 Å². The topological polar surface area (TPSA) is 116 Å². The number of carboxylic acids is 2. The summed E-state index contributed by atoms with van der Waals surface area (Å²) < 4.78 is 5.59. The first kappa shape index (κ1) is 56.2. The van der Waals surface area contributed by atoms with Gasteiger partial charge in [0, 0.05) is 31.5 Å². The molecule has 0 aliphatic heterocycles. The molecule has 0 fully saturated rings. The van der Waals surface area contributed by atoms with Crippen molar-refractivity contribution in [1.82, 2.24) is 10.2 Å². The van der Waals surface area contributed by atoms with Gasteiger partial charge in [0.25, 0.3) is 0 Å². The highest BCUT2D eigenvalue weighted by molar-refractivity contribution is 5.67. The molecule has 8 heteroatoms. The van der Waals surface area contributed by atoms with E-state index in [4.69, 9.17) is 9.84 Å². The van der Waals surface area contributed by atoms with E-state index in [-0.39, 0.29) is 24.5 Å². The molecule has 3 N–H and O–H groups in total. The fourth-order valence-electron chi connectivity index (χ4n) is 8.95. The minimum absolute atomic E-state index is 0.0591. The third-order valence-corrected chi connectivity index (χ3v) is 12.4. The van der Waals surface area contributed by atoms with Crippen molar-refractivity contribution in [2.45, 2.75) is 271 Å². The molecule has 0 saturated heterocycles. The number of amides is 1. The number of carboxylic acid groups (broad SMARTS) is 2. The molecule has 0 bridgehead atoms. The Bertz CT molecular complexity index is 934. The molecule has 1 amide bonds. The lowest BCUT2D eigenvalue weighted by Gasteiger charge is -2.47. The van der Waals surface area contributed by atoms with E-state index in [1.54, 1.807) is 0 Å². The summed E-state index contributed by atoms with van der Waals surface area (Å²) in [5, 5.41) is 21.5. The minimum Gasteiger partial charge on any atom is -0.481 e. The second kappa shape index (κ2) is 37.0. The third-order valence-electron chi connectivity index (χ3n) is 12.4. The van der Waals surface area contributed by atoms with Gasteiger partial charge in [-0.15, -0.1) is 0 Å². The van der Waals surface area contributed by atoms with E-state index in [0.717, 1.165) is 95.6 Å². The summed E-state index contributed by atoms with van der Waals surface area (Å²) >= 11 is 0. The van der Waals surface area contributed by atoms with Gasteiger partial charge in [-0.25, -0.2) is 4.79 Å². The van der Waals surface area contributed by atoms with E-state index < -0.39 is 17.5 Å². The van der Waals surface area contributed by atoms with Gasteiger partial charge in [0.05, 0.1) is 0 Å². The molecule has 0 heterocycles. The third kappa shape index (κ3) is 33.0. The van der Waals surface area contributed by atoms with Crippen LogP contribution in [0.2, 0.25) is 0 Å². The lowest BCUT2D eigenvalue weighted by molar-refractivity contribution is -0.138. The van der Waals surface area contributed by atoms with Crippen molar-refractivity contribution in [2.75, 3.05) is 19.6 Å². The summed E-state index contributed by atoms with van der Waals surface area (Å²) in [7, 11) is 0. The van der Waals surface area contributed by atoms with Crippen molar-refractivity contribution < 1.29 is 29.3 Å². The number of nitrogens with zero attached hydrogens (tertiary/aromatic N) is 1. The number of nitrogens with one attached hydrogen (secondary N) is 1. The van der Waals surface area contributed by atoms with Crippen LogP contribution in [-0.2, 0) is 14.3 Å². The number of aliphatic carboxylic acids is 2. The Morgan fingerprint density at radius 3 is 1.31 bits per heavy atom. The summed E-state index contributed by atoms with van der Waals surface area (Å²) in [5.74, 6) is 0.105. The maximum Gasteiger partial charge on any atom is 0.407 e. The maximum atomic E-state index is 12.7. The molecule has 0 radical (unpaired) electrons. The van der Waals surface area contributed by atoms with Gasteiger partial charge >= 0.3 is 18.0 Å². The Balaban J connectivity index is 6.79. The van der Waals surface area contributed by atoms with Crippen molar-refractivity contribution in [2.24, 2.45) is 11.8 Å². The molecule has 0 aromatic rings. The van der Waals surface area contributed by atoms with Crippen LogP contribution in [0.15, 0.2) is 0 Å². The number of alkyl carbamates (subject to hydrolysis) is 1. The largest absolute Gasteiger partial charge is 0.481 e. The first-order valence-corrected chi connectivity index (χ1v) is 25.0. The van der Waals surface area contributed by atoms with E-state index in [2.05, 4.69) is 37.9 Å². The van der Waals surface area contributed by atoms with E-state index in [9.17, 15) is 19.5 Å². The Kier molecular flexibility index (Phi) is 35.8. The highest BCUT2D eigenvalue weighted by atomic mass is 16.6. The number of ether oxygens (including phenoxy) is 1. The normalized spacial score (nSPS) is 12.2. The summed E-state index contributed by atoms with van der Waals surface area (Å²) in [6, 6.07) is 0. The summed E-state index contributed by atoms with van der Waals surface area (Å²) in [6.45, 7) is 17.5. The highest BCUT2D eigenvalue weighted by Gasteiger charge is 2.36. The minimum atomic E-state index is -0.704. The number of hydrogen-bond acceptors (Lipinski definition) is 5. The second-order valence-electron chi connectivity index (χ2n) is 19.0. The average Bonchev–Trinajstić information content (AvgIpc) is 3.16. The Hall–Kier alpha value is -1.83. The quantitative estimate of drug-likeness (QED) is 0.0525. The molecule has 8 nitrogen and oxygen atoms in total. The van der Waals surface area contributed by atoms with Crippen LogP contribution in [0.4, 0.5) is 4.79 Å². The molecule has 0 spiro atoms. The van der Waals surface area contributed by atoms with E-state index in [1.807, 2.05) is 20.8 Å². The molecular weight excluding hydrogens is 725 g/mol. The molecule has 58 heavy (non-hydrogen) atoms. The number of carbonyl (C=O) groups is 3. The molecule has 0 aromatic heterocycles. The number of hydrogen-bond donors (Lipinski definition) is 3. The van der Waals surface area contributed by atoms with Gasteiger partial charge in [0.1, 0.15) is 5.60 Å². The smallest absolute Gasteiger partial charge is 0.407 e. The van der Waals surface area contributed by atoms with Crippen molar-refractivity contribution in [3.8, 4) is 0 Å². The predicted molar refractivity (Wildman–Crippen MR) is 246 cm³/mol. The van der Waals surface area contributed by atoms with Crippen LogP contribution >= 0.6 is 0 Å². The summed E-state index contributed by atoms with van der Waals surface area (Å²) in [4.78, 5) is 38.0. The number of rotatable bonds is 42. The van der Waals surface area contributed by atoms with Crippen LogP contribution in [0.1, 0.15) is 260 Å². The first-order valence-electron chi connectivity index (χ1n) is 25.0. The molecule has 0 aromatic carbocycles. The van der Waals surface area contributed by atoms with E-state index in [1.165, 1.54) is 128 Å². The monoisotopic (exact) mass is 823 g/mol. The molecule has 0 aliphatic carbocycles. The summed E-state index contributed by atoms with van der Waals surface area (Å²) in [6.07, 6.45) is 36.9. The zero-order chi connectivity index (χ0) is 43.3. The lowest BCUT2D eigenvalue weighted by atomic mass is 9.75. The van der Waals surface area contributed by atoms with Crippen LogP contribution in [0.3, 0.4) is 0 Å². The Labute approximate surface area is 359 Å². The van der Waals surface area contributed by atoms with Crippen LogP contribution < -0.4 is 5.32 Å². The standard InChI is InChI=1S/C50H98N2O6/c1-8-12-21-30-44(31-22-13-9-2)36-39-50(38-27-19-18-26-35-47(55)56,40-37-45(32-23-14-10-3)33-24-15-11-4)52(42-28-20-16-17-25-34-46(53)54)43-29-41-51-48(57)58-49(5,6)7/h44-45H,8-43H2,1-7H3,(H,51,57)(H,53,54)(H,55,56). The van der Waals surface area contributed by atoms with Crippen LogP contribution in [0, 0.1) is 11.8 Å². The van der Waals surface area contributed by atoms with Crippen molar-refractivity contribution in [3.05, 3.63) is 0 Å². The molecule has 0 aliphatic rings. The Morgan fingerprint density at radius 1 is 0.500 bits per heavy atom. The van der Waals surface area contributed by atoms with Crippen LogP contribution in [0.5, 0.6) is 0 Å². The lowest BCUT2D eigenvalue weighted by Crippen LogP contribution is -2.51. The predicted octanol–water partition coefficient (Wildman–Crippen LogP) is 14.9. The first-order chi connectivity index (χ1) is 27.8. The van der Waals surface area contributed by atoms with Gasteiger partial charge < -0.3 is 20.3 Å². The van der Waals surface area contributed by atoms with Crippen LogP contribution in [0.25, 0.3) is 0 Å². The zero-order valence-electron chi connectivity index (χ0n) is 39.6.